The van der Waals surface area contributed by atoms with Gasteiger partial charge in [0.05, 0.1) is 4.92 Å². The summed E-state index contributed by atoms with van der Waals surface area (Å²) in [4.78, 5) is 20.4. The monoisotopic (exact) mass is 214 g/mol. The van der Waals surface area contributed by atoms with Crippen LogP contribution in [0, 0.1) is 10.1 Å². The number of rotatable bonds is 2. The first-order valence-corrected chi connectivity index (χ1v) is 3.61. The van der Waals surface area contributed by atoms with Gasteiger partial charge in [-0.25, -0.2) is 0 Å². The third kappa shape index (κ3) is 3.49. The van der Waals surface area contributed by atoms with E-state index in [0.29, 0.717) is 5.69 Å². The molecule has 1 amide bonds. The molecule has 0 aromatic heterocycles. The molecule has 1 unspecified atom stereocenters. The lowest BCUT2D eigenvalue weighted by Crippen LogP contribution is -2.05. The summed E-state index contributed by atoms with van der Waals surface area (Å²) in [6, 6.07) is 5.65. The van der Waals surface area contributed by atoms with Crippen LogP contribution in [-0.2, 0) is 4.79 Å². The average Bonchev–Trinajstić information content (AvgIpc) is 2.04. The maximum Gasteiger partial charge on any atom is 0.269 e. The van der Waals surface area contributed by atoms with E-state index in [-0.39, 0.29) is 21.5 Å². The van der Waals surface area contributed by atoms with Gasteiger partial charge in [0, 0.05) is 24.7 Å². The number of nitrogens with zero attached hydrogens (tertiary/aromatic N) is 1. The molecule has 1 rings (SSSR count). The molecule has 76 valence electrons. The second kappa shape index (κ2) is 5.29. The van der Waals surface area contributed by atoms with Crippen LogP contribution in [-0.4, -0.2) is 10.8 Å². The highest BCUT2D eigenvalue weighted by atomic mass is 31.0. The molecule has 0 bridgehead atoms. The fourth-order valence-electron chi connectivity index (χ4n) is 0.870. The van der Waals surface area contributed by atoms with E-state index in [2.05, 4.69) is 5.32 Å². The van der Waals surface area contributed by atoms with Crippen molar-refractivity contribution < 1.29 is 9.72 Å². The maximum absolute atomic E-state index is 10.6. The topological polar surface area (TPSA) is 72.2 Å². The first kappa shape index (κ1) is 12.5. The van der Waals surface area contributed by atoms with Gasteiger partial charge in [0.2, 0.25) is 5.91 Å². The van der Waals surface area contributed by atoms with Gasteiger partial charge >= 0.3 is 0 Å². The quantitative estimate of drug-likeness (QED) is 0.461. The van der Waals surface area contributed by atoms with Crippen LogP contribution in [0.15, 0.2) is 24.3 Å². The Morgan fingerprint density at radius 3 is 2.21 bits per heavy atom. The Hall–Kier alpha value is -1.48. The van der Waals surface area contributed by atoms with Gasteiger partial charge in [-0.1, -0.05) is 0 Å². The van der Waals surface area contributed by atoms with Gasteiger partial charge in [-0.3, -0.25) is 14.9 Å². The van der Waals surface area contributed by atoms with E-state index >= 15 is 0 Å². The molecule has 0 aliphatic carbocycles. The van der Waals surface area contributed by atoms with E-state index in [9.17, 15) is 14.9 Å². The van der Waals surface area contributed by atoms with E-state index in [0.717, 1.165) is 0 Å². The number of non-ortho nitro benzene ring substituents is 1. The van der Waals surface area contributed by atoms with Crippen molar-refractivity contribution in [2.75, 3.05) is 5.32 Å². The van der Waals surface area contributed by atoms with Crippen LogP contribution in [0.3, 0.4) is 0 Å². The molecule has 0 saturated carbocycles. The van der Waals surface area contributed by atoms with Crippen molar-refractivity contribution in [3.8, 4) is 0 Å². The molecule has 6 heteroatoms. The molecule has 0 aliphatic rings. The Bertz CT molecular complexity index is 337. The zero-order valence-electron chi connectivity index (χ0n) is 7.69. The molecule has 1 aromatic rings. The fraction of sp³-hybridized carbons (Fsp3) is 0.125. The number of carbonyl (C=O) groups is 1. The molecular formula is C8H11N2O3P. The van der Waals surface area contributed by atoms with E-state index < -0.39 is 4.92 Å². The van der Waals surface area contributed by atoms with Crippen LogP contribution in [0.2, 0.25) is 0 Å². The molecule has 1 aromatic carbocycles. The highest BCUT2D eigenvalue weighted by molar-refractivity contribution is 6.92. The van der Waals surface area contributed by atoms with Crippen molar-refractivity contribution in [3.05, 3.63) is 34.4 Å². The van der Waals surface area contributed by atoms with Crippen molar-refractivity contribution in [3.63, 3.8) is 0 Å². The lowest BCUT2D eigenvalue weighted by Gasteiger charge is -1.99. The summed E-state index contributed by atoms with van der Waals surface area (Å²) >= 11 is 0. The summed E-state index contributed by atoms with van der Waals surface area (Å²) < 4.78 is 0. The number of amides is 1. The molecule has 0 radical (unpaired) electrons. The van der Waals surface area contributed by atoms with Gasteiger partial charge in [-0.2, -0.15) is 9.90 Å². The summed E-state index contributed by atoms with van der Waals surface area (Å²) in [5, 5.41) is 12.8. The number of nitro groups is 1. The first-order chi connectivity index (χ1) is 6.09. The zero-order chi connectivity index (χ0) is 9.84. The molecule has 0 aliphatic heterocycles. The minimum absolute atomic E-state index is 0. The third-order valence-corrected chi connectivity index (χ3v) is 1.40. The van der Waals surface area contributed by atoms with E-state index in [4.69, 9.17) is 0 Å². The number of anilines is 1. The van der Waals surface area contributed by atoms with Gasteiger partial charge in [0.1, 0.15) is 0 Å². The minimum atomic E-state index is -0.489. The predicted molar refractivity (Wildman–Crippen MR) is 58.5 cm³/mol. The standard InChI is InChI=1S/C8H8N2O3.H3P/c1-6(11)9-7-2-4-8(5-3-7)10(12)13;/h2-5H,1H3,(H,9,11);1H3. The molecular weight excluding hydrogens is 203 g/mol. The van der Waals surface area contributed by atoms with Crippen LogP contribution in [0.5, 0.6) is 0 Å². The van der Waals surface area contributed by atoms with E-state index in [1.807, 2.05) is 0 Å². The predicted octanol–water partition coefficient (Wildman–Crippen LogP) is 1.61. The maximum atomic E-state index is 10.6. The van der Waals surface area contributed by atoms with Crippen LogP contribution in [0.4, 0.5) is 11.4 Å². The number of nitro benzene ring substituents is 1. The van der Waals surface area contributed by atoms with Crippen molar-refractivity contribution >= 4 is 27.2 Å². The second-order valence-electron chi connectivity index (χ2n) is 2.49. The number of carbonyl (C=O) groups excluding carboxylic acids is 1. The Morgan fingerprint density at radius 2 is 1.86 bits per heavy atom. The largest absolute Gasteiger partial charge is 0.326 e. The van der Waals surface area contributed by atoms with Gasteiger partial charge < -0.3 is 5.32 Å². The van der Waals surface area contributed by atoms with Gasteiger partial charge in [0.15, 0.2) is 0 Å². The van der Waals surface area contributed by atoms with E-state index in [1.165, 1.54) is 31.2 Å². The van der Waals surface area contributed by atoms with Crippen molar-refractivity contribution in [2.45, 2.75) is 6.92 Å². The SMILES string of the molecule is CC(=O)Nc1ccc([N+](=O)[O-])cc1.P. The summed E-state index contributed by atoms with van der Waals surface area (Å²) in [6.07, 6.45) is 0. The Labute approximate surface area is 84.3 Å². The second-order valence-corrected chi connectivity index (χ2v) is 2.49. The number of nitrogens with one attached hydrogen (secondary N) is 1. The van der Waals surface area contributed by atoms with Crippen molar-refractivity contribution in [2.24, 2.45) is 0 Å². The molecule has 0 fully saturated rings. The lowest BCUT2D eigenvalue weighted by atomic mass is 10.3. The van der Waals surface area contributed by atoms with Crippen LogP contribution in [0.25, 0.3) is 0 Å². The lowest BCUT2D eigenvalue weighted by molar-refractivity contribution is -0.384. The molecule has 5 nitrogen and oxygen atoms in total. The van der Waals surface area contributed by atoms with Crippen LogP contribution < -0.4 is 5.32 Å². The van der Waals surface area contributed by atoms with Crippen molar-refractivity contribution in [1.82, 2.24) is 0 Å². The number of hydrogen-bond acceptors (Lipinski definition) is 3. The Balaban J connectivity index is 0.00000169. The molecule has 0 heterocycles. The van der Waals surface area contributed by atoms with E-state index in [1.54, 1.807) is 0 Å². The third-order valence-electron chi connectivity index (χ3n) is 1.40. The summed E-state index contributed by atoms with van der Waals surface area (Å²) in [5.41, 5.74) is 0.562. The van der Waals surface area contributed by atoms with Gasteiger partial charge in [-0.15, -0.1) is 0 Å². The minimum Gasteiger partial charge on any atom is -0.326 e. The normalized spacial score (nSPS) is 8.64. The molecule has 14 heavy (non-hydrogen) atoms. The summed E-state index contributed by atoms with van der Waals surface area (Å²) in [6.45, 7) is 1.38. The molecule has 0 spiro atoms. The smallest absolute Gasteiger partial charge is 0.269 e. The van der Waals surface area contributed by atoms with Gasteiger partial charge in [0.25, 0.3) is 5.69 Å². The number of benzene rings is 1. The Morgan fingerprint density at radius 1 is 1.36 bits per heavy atom. The molecule has 1 atom stereocenters. The average molecular weight is 214 g/mol. The van der Waals surface area contributed by atoms with Crippen molar-refractivity contribution in [1.29, 1.82) is 0 Å². The van der Waals surface area contributed by atoms with Gasteiger partial charge in [-0.05, 0) is 12.1 Å². The van der Waals surface area contributed by atoms with Crippen LogP contribution in [0.1, 0.15) is 6.92 Å². The Kier molecular flexibility index (Phi) is 4.73. The highest BCUT2D eigenvalue weighted by Crippen LogP contribution is 2.14. The zero-order valence-corrected chi connectivity index (χ0v) is 9.10. The van der Waals surface area contributed by atoms with Crippen LogP contribution >= 0.6 is 9.90 Å². The summed E-state index contributed by atoms with van der Waals surface area (Å²) in [7, 11) is 0. The summed E-state index contributed by atoms with van der Waals surface area (Å²) in [5.74, 6) is -0.200. The fourth-order valence-corrected chi connectivity index (χ4v) is 0.870. The molecule has 0 saturated heterocycles. The first-order valence-electron chi connectivity index (χ1n) is 3.61. The highest BCUT2D eigenvalue weighted by Gasteiger charge is 2.03. The molecule has 1 N–H and O–H groups in total. The number of hydrogen-bond donors (Lipinski definition) is 1.